The lowest BCUT2D eigenvalue weighted by Gasteiger charge is -1.89. The largest absolute Gasteiger partial charge is 0.461 e. The van der Waals surface area contributed by atoms with E-state index in [1.807, 2.05) is 24.4 Å². The van der Waals surface area contributed by atoms with E-state index in [-0.39, 0.29) is 5.78 Å². The highest BCUT2D eigenvalue weighted by molar-refractivity contribution is 7.11. The highest BCUT2D eigenvalue weighted by Crippen LogP contribution is 2.17. The van der Waals surface area contributed by atoms with E-state index in [0.717, 1.165) is 4.88 Å². The third-order valence-corrected chi connectivity index (χ3v) is 3.04. The van der Waals surface area contributed by atoms with E-state index in [0.29, 0.717) is 5.76 Å². The lowest BCUT2D eigenvalue weighted by Crippen LogP contribution is -1.89. The number of rotatable bonds is 3. The quantitative estimate of drug-likeness (QED) is 0.582. The number of aryl methyl sites for hydroxylation is 1. The Morgan fingerprint density at radius 2 is 2.33 bits per heavy atom. The summed E-state index contributed by atoms with van der Waals surface area (Å²) in [5, 5.41) is 2.01. The molecule has 0 aliphatic heterocycles. The summed E-state index contributed by atoms with van der Waals surface area (Å²) in [4.78, 5) is 12.6. The molecule has 0 amide bonds. The third-order valence-electron chi connectivity index (χ3n) is 2.05. The van der Waals surface area contributed by atoms with Crippen molar-refractivity contribution >= 4 is 23.2 Å². The molecule has 2 rings (SSSR count). The summed E-state index contributed by atoms with van der Waals surface area (Å²) < 4.78 is 5.00. The van der Waals surface area contributed by atoms with Gasteiger partial charge in [-0.05, 0) is 48.2 Å². The zero-order chi connectivity index (χ0) is 10.7. The van der Waals surface area contributed by atoms with Gasteiger partial charge in [0.2, 0.25) is 5.78 Å². The Balaban J connectivity index is 2.13. The lowest BCUT2D eigenvalue weighted by atomic mass is 10.2. The molecule has 2 aromatic rings. The maximum Gasteiger partial charge on any atom is 0.221 e. The van der Waals surface area contributed by atoms with Crippen molar-refractivity contribution in [2.24, 2.45) is 0 Å². The molecule has 2 aromatic heterocycles. The van der Waals surface area contributed by atoms with Crippen molar-refractivity contribution in [2.75, 3.05) is 0 Å². The Labute approximate surface area is 91.9 Å². The number of ketones is 1. The molecule has 0 atom stereocenters. The first-order chi connectivity index (χ1) is 7.27. The minimum Gasteiger partial charge on any atom is -0.461 e. The van der Waals surface area contributed by atoms with Crippen LogP contribution in [0.4, 0.5) is 0 Å². The molecular formula is C12H10O2S. The van der Waals surface area contributed by atoms with Gasteiger partial charge in [0, 0.05) is 4.88 Å². The number of carbonyl (C=O) groups is 1. The van der Waals surface area contributed by atoms with Crippen LogP contribution >= 0.6 is 11.3 Å². The van der Waals surface area contributed by atoms with Gasteiger partial charge < -0.3 is 4.42 Å². The van der Waals surface area contributed by atoms with E-state index in [1.54, 1.807) is 23.5 Å². The monoisotopic (exact) mass is 218 g/mol. The second-order valence-corrected chi connectivity index (χ2v) is 4.09. The average molecular weight is 218 g/mol. The van der Waals surface area contributed by atoms with Gasteiger partial charge in [-0.2, -0.15) is 0 Å². The van der Waals surface area contributed by atoms with Crippen LogP contribution in [0, 0.1) is 6.92 Å². The first-order valence-electron chi connectivity index (χ1n) is 4.57. The van der Waals surface area contributed by atoms with Gasteiger partial charge in [-0.1, -0.05) is 0 Å². The second-order valence-electron chi connectivity index (χ2n) is 3.14. The van der Waals surface area contributed by atoms with Crippen LogP contribution in [0.3, 0.4) is 0 Å². The molecule has 0 N–H and O–H groups in total. The van der Waals surface area contributed by atoms with E-state index >= 15 is 0 Å². The van der Waals surface area contributed by atoms with Crippen LogP contribution in [0.5, 0.6) is 0 Å². The summed E-state index contributed by atoms with van der Waals surface area (Å²) in [6.07, 6.45) is 4.86. The van der Waals surface area contributed by atoms with E-state index < -0.39 is 0 Å². The number of allylic oxidation sites excluding steroid dienone is 1. The van der Waals surface area contributed by atoms with E-state index in [2.05, 4.69) is 0 Å². The normalized spacial score (nSPS) is 11.0. The van der Waals surface area contributed by atoms with Crippen LogP contribution in [0.25, 0.3) is 6.08 Å². The number of hydrogen-bond donors (Lipinski definition) is 0. The number of furan rings is 1. The van der Waals surface area contributed by atoms with E-state index in [9.17, 15) is 4.79 Å². The molecule has 0 spiro atoms. The second kappa shape index (κ2) is 4.28. The van der Waals surface area contributed by atoms with Crippen LogP contribution in [0.1, 0.15) is 21.0 Å². The molecule has 2 nitrogen and oxygen atoms in total. The van der Waals surface area contributed by atoms with Crippen molar-refractivity contribution in [3.63, 3.8) is 0 Å². The molecule has 0 bridgehead atoms. The molecule has 0 radical (unpaired) electrons. The predicted octanol–water partition coefficient (Wildman–Crippen LogP) is 3.55. The van der Waals surface area contributed by atoms with Gasteiger partial charge in [-0.3, -0.25) is 4.79 Å². The summed E-state index contributed by atoms with van der Waals surface area (Å²) >= 11 is 1.62. The van der Waals surface area contributed by atoms with Crippen molar-refractivity contribution in [1.82, 2.24) is 0 Å². The standard InChI is InChI=1S/C12H10O2S/c1-9-6-8-15-12(9)5-4-10(13)11-3-2-7-14-11/h2-8H,1H3. The smallest absolute Gasteiger partial charge is 0.221 e. The summed E-state index contributed by atoms with van der Waals surface area (Å²) in [6, 6.07) is 5.40. The number of carbonyl (C=O) groups excluding carboxylic acids is 1. The Kier molecular flexibility index (Phi) is 2.83. The highest BCUT2D eigenvalue weighted by atomic mass is 32.1. The van der Waals surface area contributed by atoms with Crippen molar-refractivity contribution in [1.29, 1.82) is 0 Å². The fourth-order valence-electron chi connectivity index (χ4n) is 1.21. The number of hydrogen-bond acceptors (Lipinski definition) is 3. The Bertz CT molecular complexity index is 477. The average Bonchev–Trinajstić information content (AvgIpc) is 2.85. The maximum absolute atomic E-state index is 11.5. The Morgan fingerprint density at radius 3 is 2.93 bits per heavy atom. The molecule has 15 heavy (non-hydrogen) atoms. The highest BCUT2D eigenvalue weighted by Gasteiger charge is 2.04. The van der Waals surface area contributed by atoms with Gasteiger partial charge in [-0.25, -0.2) is 0 Å². The first kappa shape index (κ1) is 9.93. The Morgan fingerprint density at radius 1 is 1.47 bits per heavy atom. The minimum absolute atomic E-state index is 0.104. The van der Waals surface area contributed by atoms with Gasteiger partial charge in [-0.15, -0.1) is 11.3 Å². The molecule has 0 fully saturated rings. The molecule has 0 aliphatic rings. The van der Waals surface area contributed by atoms with Crippen LogP contribution < -0.4 is 0 Å². The lowest BCUT2D eigenvalue weighted by molar-refractivity contribution is 0.102. The van der Waals surface area contributed by atoms with Gasteiger partial charge in [0.05, 0.1) is 6.26 Å². The third kappa shape index (κ3) is 2.25. The molecule has 3 heteroatoms. The van der Waals surface area contributed by atoms with Crippen molar-refractivity contribution < 1.29 is 9.21 Å². The fourth-order valence-corrected chi connectivity index (χ4v) is 2.03. The topological polar surface area (TPSA) is 30.2 Å². The van der Waals surface area contributed by atoms with Crippen molar-refractivity contribution in [2.45, 2.75) is 6.92 Å². The zero-order valence-electron chi connectivity index (χ0n) is 8.27. The summed E-state index contributed by atoms with van der Waals surface area (Å²) in [6.45, 7) is 2.02. The molecule has 0 aromatic carbocycles. The SMILES string of the molecule is Cc1ccsc1C=CC(=O)c1ccco1. The summed E-state index contributed by atoms with van der Waals surface area (Å²) in [7, 11) is 0. The van der Waals surface area contributed by atoms with Crippen LogP contribution in [0.15, 0.2) is 40.3 Å². The molecule has 76 valence electrons. The maximum atomic E-state index is 11.5. The Hall–Kier alpha value is -1.61. The van der Waals surface area contributed by atoms with Gasteiger partial charge >= 0.3 is 0 Å². The summed E-state index contributed by atoms with van der Waals surface area (Å²) in [5.41, 5.74) is 1.18. The van der Waals surface area contributed by atoms with Gasteiger partial charge in [0.25, 0.3) is 0 Å². The number of thiophene rings is 1. The zero-order valence-corrected chi connectivity index (χ0v) is 9.08. The molecule has 0 aliphatic carbocycles. The molecular weight excluding hydrogens is 208 g/mol. The van der Waals surface area contributed by atoms with E-state index in [4.69, 9.17) is 4.42 Å². The van der Waals surface area contributed by atoms with Crippen LogP contribution in [-0.2, 0) is 0 Å². The van der Waals surface area contributed by atoms with Gasteiger partial charge in [0.15, 0.2) is 5.76 Å². The molecule has 2 heterocycles. The molecule has 0 saturated carbocycles. The van der Waals surface area contributed by atoms with Crippen molar-refractivity contribution in [3.8, 4) is 0 Å². The molecule has 0 unspecified atom stereocenters. The summed E-state index contributed by atoms with van der Waals surface area (Å²) in [5.74, 6) is 0.272. The van der Waals surface area contributed by atoms with E-state index in [1.165, 1.54) is 17.9 Å². The van der Waals surface area contributed by atoms with Gasteiger partial charge in [0.1, 0.15) is 0 Å². The van der Waals surface area contributed by atoms with Crippen LogP contribution in [-0.4, -0.2) is 5.78 Å². The predicted molar refractivity (Wildman–Crippen MR) is 61.1 cm³/mol. The van der Waals surface area contributed by atoms with Crippen LogP contribution in [0.2, 0.25) is 0 Å². The minimum atomic E-state index is -0.104. The fraction of sp³-hybridized carbons (Fsp3) is 0.0833. The first-order valence-corrected chi connectivity index (χ1v) is 5.45. The van der Waals surface area contributed by atoms with Crippen molar-refractivity contribution in [3.05, 3.63) is 52.1 Å². The molecule has 0 saturated heterocycles.